The molecule has 0 aromatic heterocycles. The Morgan fingerprint density at radius 1 is 1.10 bits per heavy atom. The van der Waals surface area contributed by atoms with Crippen molar-refractivity contribution in [2.45, 2.75) is 32.4 Å². The van der Waals surface area contributed by atoms with Crippen molar-refractivity contribution in [3.8, 4) is 0 Å². The average Bonchev–Trinajstić information content (AvgIpc) is 2.79. The summed E-state index contributed by atoms with van der Waals surface area (Å²) in [6.07, 6.45) is 2.12. The minimum atomic E-state index is -0.370. The van der Waals surface area contributed by atoms with E-state index in [1.165, 1.54) is 11.6 Å². The Hall–Kier alpha value is -2.93. The highest BCUT2D eigenvalue weighted by Crippen LogP contribution is 2.14. The lowest BCUT2D eigenvalue weighted by Gasteiger charge is -2.33. The van der Waals surface area contributed by atoms with Crippen LogP contribution in [0.1, 0.15) is 34.3 Å². The van der Waals surface area contributed by atoms with E-state index >= 15 is 0 Å². The Bertz CT molecular complexity index is 879. The van der Waals surface area contributed by atoms with E-state index in [2.05, 4.69) is 50.1 Å². The quantitative estimate of drug-likeness (QED) is 0.363. The van der Waals surface area contributed by atoms with Gasteiger partial charge >= 0.3 is 0 Å². The second kappa shape index (κ2) is 11.5. The van der Waals surface area contributed by atoms with Crippen molar-refractivity contribution >= 4 is 11.9 Å². The van der Waals surface area contributed by atoms with Gasteiger partial charge in [0, 0.05) is 51.4 Å². The standard InChI is InChI=1S/C24H32FN5O/c1-18-8-9-20(16-22(18)25)23(31)27-12-13-28-24(26-2)29-21-10-14-30(15-11-21)17-19-6-4-3-5-7-19/h3-9,16,21H,10-15,17H2,1-2H3,(H,27,31)(H2,26,28,29). The van der Waals surface area contributed by atoms with Crippen LogP contribution < -0.4 is 16.0 Å². The first-order valence-corrected chi connectivity index (χ1v) is 10.8. The van der Waals surface area contributed by atoms with Crippen LogP contribution in [0.2, 0.25) is 0 Å². The minimum absolute atomic E-state index is 0.283. The molecule has 1 fully saturated rings. The highest BCUT2D eigenvalue weighted by atomic mass is 19.1. The molecule has 1 amide bonds. The summed E-state index contributed by atoms with van der Waals surface area (Å²) >= 11 is 0. The lowest BCUT2D eigenvalue weighted by atomic mass is 10.0. The normalized spacial score (nSPS) is 15.5. The van der Waals surface area contributed by atoms with E-state index in [0.29, 0.717) is 30.3 Å². The van der Waals surface area contributed by atoms with Gasteiger partial charge in [-0.15, -0.1) is 0 Å². The molecule has 166 valence electrons. The van der Waals surface area contributed by atoms with Crippen LogP contribution in [0.15, 0.2) is 53.5 Å². The molecule has 0 bridgehead atoms. The molecule has 1 aliphatic heterocycles. The molecule has 0 aliphatic carbocycles. The van der Waals surface area contributed by atoms with Crippen molar-refractivity contribution in [2.24, 2.45) is 4.99 Å². The Morgan fingerprint density at radius 2 is 1.81 bits per heavy atom. The molecule has 1 aliphatic rings. The molecular weight excluding hydrogens is 393 g/mol. The summed E-state index contributed by atoms with van der Waals surface area (Å²) in [6, 6.07) is 15.4. The molecule has 6 nitrogen and oxygen atoms in total. The predicted octanol–water partition coefficient (Wildman–Crippen LogP) is 2.69. The van der Waals surface area contributed by atoms with E-state index in [4.69, 9.17) is 0 Å². The van der Waals surface area contributed by atoms with Crippen molar-refractivity contribution in [2.75, 3.05) is 33.2 Å². The zero-order chi connectivity index (χ0) is 22.1. The van der Waals surface area contributed by atoms with Crippen LogP contribution in [-0.4, -0.2) is 56.0 Å². The fourth-order valence-corrected chi connectivity index (χ4v) is 3.66. The number of aryl methyl sites for hydroxylation is 1. The molecule has 1 heterocycles. The molecule has 0 spiro atoms. The maximum atomic E-state index is 13.6. The molecular formula is C24H32FN5O. The van der Waals surface area contributed by atoms with Gasteiger partial charge in [0.2, 0.25) is 0 Å². The molecule has 0 atom stereocenters. The van der Waals surface area contributed by atoms with E-state index in [1.54, 1.807) is 26.1 Å². The number of rotatable bonds is 7. The number of amides is 1. The third kappa shape index (κ3) is 7.07. The van der Waals surface area contributed by atoms with Gasteiger partial charge in [0.05, 0.1) is 0 Å². The van der Waals surface area contributed by atoms with Gasteiger partial charge in [0.15, 0.2) is 5.96 Å². The molecule has 0 radical (unpaired) electrons. The van der Waals surface area contributed by atoms with Crippen molar-refractivity contribution < 1.29 is 9.18 Å². The molecule has 2 aromatic carbocycles. The average molecular weight is 426 g/mol. The van der Waals surface area contributed by atoms with Crippen LogP contribution >= 0.6 is 0 Å². The number of nitrogens with one attached hydrogen (secondary N) is 3. The lowest BCUT2D eigenvalue weighted by Crippen LogP contribution is -2.49. The van der Waals surface area contributed by atoms with Gasteiger partial charge in [-0.25, -0.2) is 4.39 Å². The fourth-order valence-electron chi connectivity index (χ4n) is 3.66. The number of guanidine groups is 1. The van der Waals surface area contributed by atoms with Crippen molar-refractivity contribution in [1.82, 2.24) is 20.9 Å². The second-order valence-corrected chi connectivity index (χ2v) is 7.90. The Kier molecular flexibility index (Phi) is 8.41. The molecule has 0 unspecified atom stereocenters. The first-order chi connectivity index (χ1) is 15.0. The number of hydrogen-bond acceptors (Lipinski definition) is 3. The first kappa shape index (κ1) is 22.7. The van der Waals surface area contributed by atoms with Gasteiger partial charge in [0.25, 0.3) is 5.91 Å². The topological polar surface area (TPSA) is 68.8 Å². The predicted molar refractivity (Wildman–Crippen MR) is 123 cm³/mol. The third-order valence-electron chi connectivity index (χ3n) is 5.54. The smallest absolute Gasteiger partial charge is 0.251 e. The number of hydrogen-bond donors (Lipinski definition) is 3. The molecule has 0 saturated carbocycles. The van der Waals surface area contributed by atoms with E-state index < -0.39 is 0 Å². The van der Waals surface area contributed by atoms with Crippen LogP contribution in [0.25, 0.3) is 0 Å². The zero-order valence-corrected chi connectivity index (χ0v) is 18.3. The van der Waals surface area contributed by atoms with Crippen molar-refractivity contribution in [3.05, 3.63) is 71.0 Å². The Morgan fingerprint density at radius 3 is 2.48 bits per heavy atom. The maximum Gasteiger partial charge on any atom is 0.251 e. The van der Waals surface area contributed by atoms with Crippen LogP contribution in [0, 0.1) is 12.7 Å². The minimum Gasteiger partial charge on any atom is -0.355 e. The van der Waals surface area contributed by atoms with Gasteiger partial charge in [-0.1, -0.05) is 36.4 Å². The number of aliphatic imine (C=N–C) groups is 1. The van der Waals surface area contributed by atoms with E-state index in [1.807, 2.05) is 6.07 Å². The SMILES string of the molecule is CN=C(NCCNC(=O)c1ccc(C)c(F)c1)NC1CCN(Cc2ccccc2)CC1. The summed E-state index contributed by atoms with van der Waals surface area (Å²) in [5.41, 5.74) is 2.20. The maximum absolute atomic E-state index is 13.6. The zero-order valence-electron chi connectivity index (χ0n) is 18.3. The van der Waals surface area contributed by atoms with Crippen LogP contribution in [0.3, 0.4) is 0 Å². The van der Waals surface area contributed by atoms with Gasteiger partial charge in [-0.05, 0) is 43.0 Å². The number of carbonyl (C=O) groups excluding carboxylic acids is 1. The highest BCUT2D eigenvalue weighted by Gasteiger charge is 2.20. The third-order valence-corrected chi connectivity index (χ3v) is 5.54. The molecule has 3 N–H and O–H groups in total. The van der Waals surface area contributed by atoms with Gasteiger partial charge in [-0.3, -0.25) is 14.7 Å². The molecule has 31 heavy (non-hydrogen) atoms. The van der Waals surface area contributed by atoms with Gasteiger partial charge < -0.3 is 16.0 Å². The number of piperidine rings is 1. The van der Waals surface area contributed by atoms with Crippen LogP contribution in [0.4, 0.5) is 4.39 Å². The largest absolute Gasteiger partial charge is 0.355 e. The summed E-state index contributed by atoms with van der Waals surface area (Å²) < 4.78 is 13.6. The number of benzene rings is 2. The fraction of sp³-hybridized carbons (Fsp3) is 0.417. The second-order valence-electron chi connectivity index (χ2n) is 7.90. The molecule has 2 aromatic rings. The van der Waals surface area contributed by atoms with Crippen molar-refractivity contribution in [1.29, 1.82) is 0 Å². The highest BCUT2D eigenvalue weighted by molar-refractivity contribution is 5.94. The van der Waals surface area contributed by atoms with Crippen LogP contribution in [-0.2, 0) is 6.54 Å². The number of likely N-dealkylation sites (tertiary alicyclic amines) is 1. The van der Waals surface area contributed by atoms with Gasteiger partial charge in [-0.2, -0.15) is 0 Å². The van der Waals surface area contributed by atoms with Crippen molar-refractivity contribution in [3.63, 3.8) is 0 Å². The van der Waals surface area contributed by atoms with Crippen LogP contribution in [0.5, 0.6) is 0 Å². The van der Waals surface area contributed by atoms with E-state index in [9.17, 15) is 9.18 Å². The van der Waals surface area contributed by atoms with E-state index in [-0.39, 0.29) is 11.7 Å². The Balaban J connectivity index is 1.34. The van der Waals surface area contributed by atoms with E-state index in [0.717, 1.165) is 38.4 Å². The molecule has 7 heteroatoms. The van der Waals surface area contributed by atoms with Gasteiger partial charge in [0.1, 0.15) is 5.82 Å². The molecule has 1 saturated heterocycles. The summed E-state index contributed by atoms with van der Waals surface area (Å²) in [6.45, 7) is 5.72. The number of carbonyl (C=O) groups is 1. The monoisotopic (exact) mass is 425 g/mol. The lowest BCUT2D eigenvalue weighted by molar-refractivity contribution is 0.0954. The summed E-state index contributed by atoms with van der Waals surface area (Å²) in [7, 11) is 1.74. The molecule has 3 rings (SSSR count). The summed E-state index contributed by atoms with van der Waals surface area (Å²) in [5.74, 6) is 0.0803. The first-order valence-electron chi connectivity index (χ1n) is 10.8. The Labute approximate surface area is 183 Å². The summed E-state index contributed by atoms with van der Waals surface area (Å²) in [4.78, 5) is 18.9. The number of halogens is 1. The summed E-state index contributed by atoms with van der Waals surface area (Å²) in [5, 5.41) is 9.51. The number of nitrogens with zero attached hydrogens (tertiary/aromatic N) is 2.